The predicted octanol–water partition coefficient (Wildman–Crippen LogP) is 4.37. The maximum Gasteiger partial charge on any atom is 0.319 e. The summed E-state index contributed by atoms with van der Waals surface area (Å²) >= 11 is 0. The first-order valence-electron chi connectivity index (χ1n) is 8.12. The molecule has 1 unspecified atom stereocenters. The molecule has 0 radical (unpaired) electrons. The van der Waals surface area contributed by atoms with E-state index in [1.807, 2.05) is 25.1 Å². The lowest BCUT2D eigenvalue weighted by molar-refractivity contribution is 0.248. The summed E-state index contributed by atoms with van der Waals surface area (Å²) in [5.74, 6) is -0.0785. The van der Waals surface area contributed by atoms with Gasteiger partial charge in [0.1, 0.15) is 11.6 Å². The summed E-state index contributed by atoms with van der Waals surface area (Å²) < 4.78 is 18.6. The van der Waals surface area contributed by atoms with E-state index in [2.05, 4.69) is 22.8 Å². The highest BCUT2D eigenvalue weighted by molar-refractivity contribution is 5.91. The first kappa shape index (κ1) is 17.8. The molecule has 2 rings (SSSR count). The SMILES string of the molecule is CCOc1cc(F)ccc1NC(=O)NC(C)CCc1ccccc1. The van der Waals surface area contributed by atoms with Crippen LogP contribution >= 0.6 is 0 Å². The molecule has 4 nitrogen and oxygen atoms in total. The van der Waals surface area contributed by atoms with E-state index < -0.39 is 5.82 Å². The zero-order valence-corrected chi connectivity index (χ0v) is 14.0. The van der Waals surface area contributed by atoms with E-state index in [1.54, 1.807) is 6.92 Å². The number of halogens is 1. The third-order valence-corrected chi connectivity index (χ3v) is 3.58. The number of benzene rings is 2. The van der Waals surface area contributed by atoms with E-state index in [1.165, 1.54) is 23.8 Å². The van der Waals surface area contributed by atoms with Crippen molar-refractivity contribution in [2.45, 2.75) is 32.7 Å². The van der Waals surface area contributed by atoms with Gasteiger partial charge >= 0.3 is 6.03 Å². The van der Waals surface area contributed by atoms with Gasteiger partial charge in [0.05, 0.1) is 12.3 Å². The van der Waals surface area contributed by atoms with Crippen molar-refractivity contribution in [3.05, 3.63) is 59.9 Å². The Kier molecular flexibility index (Phi) is 6.61. The average molecular weight is 330 g/mol. The van der Waals surface area contributed by atoms with Crippen LogP contribution in [0, 0.1) is 5.82 Å². The minimum Gasteiger partial charge on any atom is -0.492 e. The van der Waals surface area contributed by atoms with Crippen LogP contribution in [-0.2, 0) is 6.42 Å². The van der Waals surface area contributed by atoms with E-state index in [0.717, 1.165) is 12.8 Å². The molecular formula is C19H23FN2O2. The number of hydrogen-bond acceptors (Lipinski definition) is 2. The molecule has 2 aromatic carbocycles. The van der Waals surface area contributed by atoms with Gasteiger partial charge in [-0.2, -0.15) is 0 Å². The molecule has 1 atom stereocenters. The number of urea groups is 1. The number of ether oxygens (including phenoxy) is 1. The number of carbonyl (C=O) groups excluding carboxylic acids is 1. The summed E-state index contributed by atoms with van der Waals surface area (Å²) in [6.45, 7) is 4.16. The summed E-state index contributed by atoms with van der Waals surface area (Å²) in [6, 6.07) is 13.9. The number of rotatable bonds is 7. The fourth-order valence-electron chi connectivity index (χ4n) is 2.36. The van der Waals surface area contributed by atoms with Gasteiger partial charge in [-0.05, 0) is 44.4 Å². The minimum atomic E-state index is -0.402. The first-order valence-corrected chi connectivity index (χ1v) is 8.12. The van der Waals surface area contributed by atoms with E-state index in [9.17, 15) is 9.18 Å². The van der Waals surface area contributed by atoms with Crippen molar-refractivity contribution >= 4 is 11.7 Å². The molecule has 5 heteroatoms. The Morgan fingerprint density at radius 2 is 1.96 bits per heavy atom. The van der Waals surface area contributed by atoms with Crippen LogP contribution in [-0.4, -0.2) is 18.7 Å². The van der Waals surface area contributed by atoms with Gasteiger partial charge in [0.25, 0.3) is 0 Å². The average Bonchev–Trinajstić information content (AvgIpc) is 2.57. The molecule has 2 amide bonds. The molecule has 0 saturated heterocycles. The molecule has 0 bridgehead atoms. The second-order valence-electron chi connectivity index (χ2n) is 5.60. The molecular weight excluding hydrogens is 307 g/mol. The molecule has 128 valence electrons. The predicted molar refractivity (Wildman–Crippen MR) is 93.9 cm³/mol. The van der Waals surface area contributed by atoms with E-state index >= 15 is 0 Å². The highest BCUT2D eigenvalue weighted by Crippen LogP contribution is 2.25. The molecule has 0 heterocycles. The molecule has 0 saturated carbocycles. The fraction of sp³-hybridized carbons (Fsp3) is 0.316. The molecule has 0 aliphatic rings. The van der Waals surface area contributed by atoms with Gasteiger partial charge in [-0.15, -0.1) is 0 Å². The number of anilines is 1. The van der Waals surface area contributed by atoms with E-state index in [0.29, 0.717) is 18.0 Å². The highest BCUT2D eigenvalue weighted by atomic mass is 19.1. The molecule has 0 aromatic heterocycles. The van der Waals surface area contributed by atoms with Crippen LogP contribution in [0.15, 0.2) is 48.5 Å². The second-order valence-corrected chi connectivity index (χ2v) is 5.60. The van der Waals surface area contributed by atoms with Gasteiger partial charge in [0, 0.05) is 12.1 Å². The summed E-state index contributed by atoms with van der Waals surface area (Å²) in [5, 5.41) is 5.59. The first-order chi connectivity index (χ1) is 11.6. The lowest BCUT2D eigenvalue weighted by atomic mass is 10.1. The van der Waals surface area contributed by atoms with Crippen molar-refractivity contribution in [2.75, 3.05) is 11.9 Å². The monoisotopic (exact) mass is 330 g/mol. The second kappa shape index (κ2) is 8.91. The zero-order valence-electron chi connectivity index (χ0n) is 14.0. The normalized spacial score (nSPS) is 11.6. The van der Waals surface area contributed by atoms with Crippen LogP contribution in [0.4, 0.5) is 14.9 Å². The van der Waals surface area contributed by atoms with Crippen LogP contribution < -0.4 is 15.4 Å². The Labute approximate surface area is 142 Å². The summed E-state index contributed by atoms with van der Waals surface area (Å²) in [6.07, 6.45) is 1.72. The Balaban J connectivity index is 1.86. The molecule has 2 aromatic rings. The molecule has 0 aliphatic carbocycles. The highest BCUT2D eigenvalue weighted by Gasteiger charge is 2.11. The van der Waals surface area contributed by atoms with Crippen molar-refractivity contribution in [1.82, 2.24) is 5.32 Å². The van der Waals surface area contributed by atoms with Gasteiger partial charge in [-0.3, -0.25) is 0 Å². The largest absolute Gasteiger partial charge is 0.492 e. The molecule has 0 aliphatic heterocycles. The smallest absolute Gasteiger partial charge is 0.319 e. The molecule has 2 N–H and O–H groups in total. The number of hydrogen-bond donors (Lipinski definition) is 2. The number of carbonyl (C=O) groups is 1. The summed E-state index contributed by atoms with van der Waals surface area (Å²) in [5.41, 5.74) is 1.69. The van der Waals surface area contributed by atoms with Gasteiger partial charge in [0.2, 0.25) is 0 Å². The maximum absolute atomic E-state index is 13.3. The maximum atomic E-state index is 13.3. The molecule has 0 spiro atoms. The summed E-state index contributed by atoms with van der Waals surface area (Å²) in [7, 11) is 0. The van der Waals surface area contributed by atoms with Gasteiger partial charge < -0.3 is 15.4 Å². The van der Waals surface area contributed by atoms with Crippen molar-refractivity contribution in [3.8, 4) is 5.75 Å². The van der Waals surface area contributed by atoms with Gasteiger partial charge in [-0.25, -0.2) is 9.18 Å². The lowest BCUT2D eigenvalue weighted by Crippen LogP contribution is -2.36. The zero-order chi connectivity index (χ0) is 17.4. The number of nitrogens with one attached hydrogen (secondary N) is 2. The van der Waals surface area contributed by atoms with Crippen molar-refractivity contribution in [1.29, 1.82) is 0 Å². The van der Waals surface area contributed by atoms with Gasteiger partial charge in [-0.1, -0.05) is 30.3 Å². The van der Waals surface area contributed by atoms with Crippen LogP contribution in [0.3, 0.4) is 0 Å². The molecule has 24 heavy (non-hydrogen) atoms. The fourth-order valence-corrected chi connectivity index (χ4v) is 2.36. The summed E-state index contributed by atoms with van der Waals surface area (Å²) in [4.78, 5) is 12.1. The van der Waals surface area contributed by atoms with Crippen molar-refractivity contribution in [2.24, 2.45) is 0 Å². The third-order valence-electron chi connectivity index (χ3n) is 3.58. The number of amides is 2. The Bertz CT molecular complexity index is 662. The van der Waals surface area contributed by atoms with Crippen LogP contribution in [0.1, 0.15) is 25.8 Å². The van der Waals surface area contributed by atoms with Crippen molar-refractivity contribution < 1.29 is 13.9 Å². The van der Waals surface area contributed by atoms with Gasteiger partial charge in [0.15, 0.2) is 0 Å². The third kappa shape index (κ3) is 5.57. The standard InChI is InChI=1S/C19H23FN2O2/c1-3-24-18-13-16(20)11-12-17(18)22-19(23)21-14(2)9-10-15-7-5-4-6-8-15/h4-8,11-14H,3,9-10H2,1-2H3,(H2,21,22,23). The van der Waals surface area contributed by atoms with Crippen LogP contribution in [0.25, 0.3) is 0 Å². The number of aryl methyl sites for hydroxylation is 1. The van der Waals surface area contributed by atoms with Crippen molar-refractivity contribution in [3.63, 3.8) is 0 Å². The van der Waals surface area contributed by atoms with Crippen LogP contribution in [0.5, 0.6) is 5.75 Å². The Hall–Kier alpha value is -2.56. The van der Waals surface area contributed by atoms with Crippen LogP contribution in [0.2, 0.25) is 0 Å². The molecule has 0 fully saturated rings. The Morgan fingerprint density at radius 1 is 1.21 bits per heavy atom. The van der Waals surface area contributed by atoms with E-state index in [4.69, 9.17) is 4.74 Å². The topological polar surface area (TPSA) is 50.4 Å². The quantitative estimate of drug-likeness (QED) is 0.792. The Morgan fingerprint density at radius 3 is 2.67 bits per heavy atom. The van der Waals surface area contributed by atoms with E-state index in [-0.39, 0.29) is 12.1 Å². The lowest BCUT2D eigenvalue weighted by Gasteiger charge is -2.16. The minimum absolute atomic E-state index is 0.0150.